The van der Waals surface area contributed by atoms with Crippen LogP contribution in [0.1, 0.15) is 19.4 Å². The Morgan fingerprint density at radius 1 is 1.50 bits per heavy atom. The zero-order chi connectivity index (χ0) is 13.1. The Bertz CT molecular complexity index is 521. The molecule has 94 valence electrons. The van der Waals surface area contributed by atoms with Gasteiger partial charge in [-0.05, 0) is 31.0 Å². The van der Waals surface area contributed by atoms with Crippen molar-refractivity contribution in [1.29, 1.82) is 5.26 Å². The number of benzene rings is 1. The predicted octanol–water partition coefficient (Wildman–Crippen LogP) is 3.75. The van der Waals surface area contributed by atoms with E-state index in [0.29, 0.717) is 22.5 Å². The number of anilines is 1. The molecule has 2 rings (SSSR count). The molecule has 1 aromatic rings. The molecule has 2 unspecified atom stereocenters. The van der Waals surface area contributed by atoms with Crippen LogP contribution in [0, 0.1) is 17.2 Å². The molecule has 1 N–H and O–H groups in total. The molecule has 3 nitrogen and oxygen atoms in total. The minimum absolute atomic E-state index is 0.336. The van der Waals surface area contributed by atoms with Gasteiger partial charge in [0.25, 0.3) is 0 Å². The number of amidine groups is 1. The maximum atomic E-state index is 8.81. The Kier molecular flexibility index (Phi) is 4.15. The SMILES string of the molecule is CC1CSC(Nc2ccc(C#N)c(Cl)c2)=NC1C. The lowest BCUT2D eigenvalue weighted by atomic mass is 10.1. The minimum Gasteiger partial charge on any atom is -0.335 e. The second kappa shape index (κ2) is 5.64. The number of aliphatic imine (C=N–C) groups is 1. The molecule has 0 fully saturated rings. The van der Waals surface area contributed by atoms with Crippen LogP contribution >= 0.6 is 23.4 Å². The molecular formula is C13H14ClN3S. The van der Waals surface area contributed by atoms with Gasteiger partial charge in [0.05, 0.1) is 16.6 Å². The van der Waals surface area contributed by atoms with Crippen molar-refractivity contribution in [2.45, 2.75) is 19.9 Å². The summed E-state index contributed by atoms with van der Waals surface area (Å²) >= 11 is 7.71. The summed E-state index contributed by atoms with van der Waals surface area (Å²) in [5.41, 5.74) is 1.36. The molecule has 0 bridgehead atoms. The van der Waals surface area contributed by atoms with Crippen molar-refractivity contribution in [2.24, 2.45) is 10.9 Å². The van der Waals surface area contributed by atoms with Gasteiger partial charge in [0.2, 0.25) is 0 Å². The van der Waals surface area contributed by atoms with Crippen molar-refractivity contribution in [2.75, 3.05) is 11.1 Å². The zero-order valence-electron chi connectivity index (χ0n) is 10.3. The van der Waals surface area contributed by atoms with E-state index in [1.165, 1.54) is 0 Å². The standard InChI is InChI=1S/C13H14ClN3S/c1-8-7-18-13(16-9(8)2)17-11-4-3-10(6-15)12(14)5-11/h3-5,8-9H,7H2,1-2H3,(H,16,17). The van der Waals surface area contributed by atoms with Crippen LogP contribution in [0.15, 0.2) is 23.2 Å². The fraction of sp³-hybridized carbons (Fsp3) is 0.385. The highest BCUT2D eigenvalue weighted by atomic mass is 35.5. The summed E-state index contributed by atoms with van der Waals surface area (Å²) in [6.45, 7) is 4.33. The second-order valence-electron chi connectivity index (χ2n) is 4.39. The summed E-state index contributed by atoms with van der Waals surface area (Å²) in [4.78, 5) is 4.59. The number of hydrogen-bond acceptors (Lipinski definition) is 4. The van der Waals surface area contributed by atoms with Crippen LogP contribution in [0.25, 0.3) is 0 Å². The molecule has 0 spiro atoms. The van der Waals surface area contributed by atoms with E-state index in [-0.39, 0.29) is 0 Å². The highest BCUT2D eigenvalue weighted by Crippen LogP contribution is 2.25. The Labute approximate surface area is 116 Å². The normalized spacial score (nSPS) is 23.1. The molecule has 18 heavy (non-hydrogen) atoms. The number of rotatable bonds is 1. The summed E-state index contributed by atoms with van der Waals surface area (Å²) in [6.07, 6.45) is 0. The number of nitrogens with zero attached hydrogens (tertiary/aromatic N) is 2. The maximum absolute atomic E-state index is 8.81. The molecule has 2 atom stereocenters. The van der Waals surface area contributed by atoms with Crippen LogP contribution in [0.2, 0.25) is 5.02 Å². The van der Waals surface area contributed by atoms with Gasteiger partial charge in [0, 0.05) is 11.4 Å². The summed E-state index contributed by atoms with van der Waals surface area (Å²) < 4.78 is 0. The lowest BCUT2D eigenvalue weighted by Gasteiger charge is -2.23. The quantitative estimate of drug-likeness (QED) is 0.852. The van der Waals surface area contributed by atoms with E-state index in [2.05, 4.69) is 24.2 Å². The largest absolute Gasteiger partial charge is 0.335 e. The number of nitrogens with one attached hydrogen (secondary N) is 1. The molecule has 0 saturated carbocycles. The summed E-state index contributed by atoms with van der Waals surface area (Å²) in [5.74, 6) is 1.67. The van der Waals surface area contributed by atoms with E-state index in [1.54, 1.807) is 23.9 Å². The third-order valence-corrected chi connectivity index (χ3v) is 4.45. The number of hydrogen-bond donors (Lipinski definition) is 1. The lowest BCUT2D eigenvalue weighted by Crippen LogP contribution is -2.25. The summed E-state index contributed by atoms with van der Waals surface area (Å²) in [5, 5.41) is 13.4. The van der Waals surface area contributed by atoms with E-state index in [4.69, 9.17) is 16.9 Å². The topological polar surface area (TPSA) is 48.2 Å². The summed E-state index contributed by atoms with van der Waals surface area (Å²) in [7, 11) is 0. The molecule has 1 aliphatic rings. The highest BCUT2D eigenvalue weighted by molar-refractivity contribution is 8.14. The molecule has 0 aliphatic carbocycles. The summed E-state index contributed by atoms with van der Waals surface area (Å²) in [6, 6.07) is 7.69. The average molecular weight is 280 g/mol. The Morgan fingerprint density at radius 2 is 2.28 bits per heavy atom. The van der Waals surface area contributed by atoms with Crippen LogP contribution in [-0.2, 0) is 0 Å². The predicted molar refractivity (Wildman–Crippen MR) is 78.3 cm³/mol. The first-order chi connectivity index (χ1) is 8.60. The smallest absolute Gasteiger partial charge is 0.161 e. The lowest BCUT2D eigenvalue weighted by molar-refractivity contribution is 0.537. The van der Waals surface area contributed by atoms with Gasteiger partial charge in [-0.3, -0.25) is 4.99 Å². The van der Waals surface area contributed by atoms with Crippen molar-refractivity contribution >= 4 is 34.2 Å². The number of halogens is 1. The van der Waals surface area contributed by atoms with Gasteiger partial charge in [-0.2, -0.15) is 5.26 Å². The van der Waals surface area contributed by atoms with Crippen LogP contribution in [0.4, 0.5) is 5.69 Å². The molecule has 0 amide bonds. The first-order valence-corrected chi connectivity index (χ1v) is 7.14. The molecule has 0 saturated heterocycles. The van der Waals surface area contributed by atoms with Gasteiger partial charge < -0.3 is 5.32 Å². The highest BCUT2D eigenvalue weighted by Gasteiger charge is 2.19. The van der Waals surface area contributed by atoms with E-state index < -0.39 is 0 Å². The maximum Gasteiger partial charge on any atom is 0.161 e. The van der Waals surface area contributed by atoms with Crippen LogP contribution in [-0.4, -0.2) is 17.0 Å². The Hall–Kier alpha value is -1.18. The van der Waals surface area contributed by atoms with Crippen molar-refractivity contribution in [3.63, 3.8) is 0 Å². The molecular weight excluding hydrogens is 266 g/mol. The van der Waals surface area contributed by atoms with Crippen molar-refractivity contribution in [3.05, 3.63) is 28.8 Å². The first-order valence-electron chi connectivity index (χ1n) is 5.77. The van der Waals surface area contributed by atoms with Gasteiger partial charge in [0.15, 0.2) is 5.17 Å². The first kappa shape index (κ1) is 13.3. The van der Waals surface area contributed by atoms with Crippen molar-refractivity contribution < 1.29 is 0 Å². The second-order valence-corrected chi connectivity index (χ2v) is 5.81. The van der Waals surface area contributed by atoms with E-state index in [9.17, 15) is 0 Å². The van der Waals surface area contributed by atoms with Crippen LogP contribution in [0.3, 0.4) is 0 Å². The zero-order valence-corrected chi connectivity index (χ0v) is 11.8. The molecule has 0 aromatic heterocycles. The third kappa shape index (κ3) is 2.98. The fourth-order valence-corrected chi connectivity index (χ4v) is 2.93. The van der Waals surface area contributed by atoms with E-state index in [1.807, 2.05) is 12.1 Å². The molecule has 1 aliphatic heterocycles. The van der Waals surface area contributed by atoms with Gasteiger partial charge >= 0.3 is 0 Å². The van der Waals surface area contributed by atoms with Crippen LogP contribution in [0.5, 0.6) is 0 Å². The molecule has 0 radical (unpaired) electrons. The Morgan fingerprint density at radius 3 is 2.89 bits per heavy atom. The molecule has 1 heterocycles. The number of nitriles is 1. The van der Waals surface area contributed by atoms with E-state index in [0.717, 1.165) is 16.6 Å². The minimum atomic E-state index is 0.336. The van der Waals surface area contributed by atoms with Gasteiger partial charge in [0.1, 0.15) is 6.07 Å². The molecule has 1 aromatic carbocycles. The molecule has 5 heteroatoms. The van der Waals surface area contributed by atoms with Gasteiger partial charge in [-0.1, -0.05) is 30.3 Å². The third-order valence-electron chi connectivity index (χ3n) is 2.97. The van der Waals surface area contributed by atoms with E-state index >= 15 is 0 Å². The van der Waals surface area contributed by atoms with Crippen molar-refractivity contribution in [1.82, 2.24) is 0 Å². The monoisotopic (exact) mass is 279 g/mol. The average Bonchev–Trinajstić information content (AvgIpc) is 2.34. The number of thioether (sulfide) groups is 1. The van der Waals surface area contributed by atoms with Crippen molar-refractivity contribution in [3.8, 4) is 6.07 Å². The van der Waals surface area contributed by atoms with Gasteiger partial charge in [-0.25, -0.2) is 0 Å². The fourth-order valence-electron chi connectivity index (χ4n) is 1.57. The Balaban J connectivity index is 2.13. The van der Waals surface area contributed by atoms with Crippen LogP contribution < -0.4 is 5.32 Å². The van der Waals surface area contributed by atoms with Gasteiger partial charge in [-0.15, -0.1) is 0 Å².